The molecule has 0 saturated carbocycles. The molecule has 0 aromatic heterocycles. The number of ether oxygens (including phenoxy) is 1. The van der Waals surface area contributed by atoms with Gasteiger partial charge < -0.3 is 10.1 Å². The number of rotatable bonds is 3. The molecule has 2 N–H and O–H groups in total. The summed E-state index contributed by atoms with van der Waals surface area (Å²) in [5.74, 6) is -0.562. The molecule has 0 bridgehead atoms. The lowest BCUT2D eigenvalue weighted by Crippen LogP contribution is -2.50. The van der Waals surface area contributed by atoms with Gasteiger partial charge in [0.05, 0.1) is 7.11 Å². The lowest BCUT2D eigenvalue weighted by atomic mass is 10.0. The van der Waals surface area contributed by atoms with E-state index in [0.29, 0.717) is 0 Å². The number of esters is 1. The minimum Gasteiger partial charge on any atom is -0.468 e. The van der Waals surface area contributed by atoms with Gasteiger partial charge in [-0.2, -0.15) is 0 Å². The van der Waals surface area contributed by atoms with E-state index >= 15 is 0 Å². The van der Waals surface area contributed by atoms with Crippen LogP contribution in [0.15, 0.2) is 24.3 Å². The summed E-state index contributed by atoms with van der Waals surface area (Å²) < 4.78 is 4.72. The van der Waals surface area contributed by atoms with Crippen LogP contribution < -0.4 is 10.6 Å². The number of hydrogen-bond acceptors (Lipinski definition) is 4. The molecule has 96 valence electrons. The first kappa shape index (κ1) is 12.6. The van der Waals surface area contributed by atoms with Crippen molar-refractivity contribution < 1.29 is 14.3 Å². The average Bonchev–Trinajstić information content (AvgIpc) is 2.65. The number of carbonyl (C=O) groups excluding carboxylic acids is 2. The molecule has 1 amide bonds. The molecule has 5 nitrogen and oxygen atoms in total. The van der Waals surface area contributed by atoms with Crippen LogP contribution in [0.4, 0.5) is 5.69 Å². The molecule has 18 heavy (non-hydrogen) atoms. The third kappa shape index (κ3) is 2.09. The van der Waals surface area contributed by atoms with Crippen molar-refractivity contribution in [3.63, 3.8) is 0 Å². The van der Waals surface area contributed by atoms with Crippen LogP contribution >= 0.6 is 0 Å². The van der Waals surface area contributed by atoms with E-state index in [9.17, 15) is 9.59 Å². The number of amides is 1. The lowest BCUT2D eigenvalue weighted by molar-refractivity contribution is -0.147. The fourth-order valence-electron chi connectivity index (χ4n) is 2.03. The van der Waals surface area contributed by atoms with Crippen LogP contribution in [0, 0.1) is 0 Å². The van der Waals surface area contributed by atoms with E-state index < -0.39 is 17.6 Å². The predicted molar refractivity (Wildman–Crippen MR) is 67.0 cm³/mol. The second-order valence-corrected chi connectivity index (χ2v) is 4.77. The summed E-state index contributed by atoms with van der Waals surface area (Å²) >= 11 is 0. The number of para-hydroxylation sites is 1. The van der Waals surface area contributed by atoms with Gasteiger partial charge in [-0.15, -0.1) is 0 Å². The Bertz CT molecular complexity index is 497. The van der Waals surface area contributed by atoms with Crippen molar-refractivity contribution >= 4 is 17.6 Å². The smallest absolute Gasteiger partial charge is 0.325 e. The molecule has 0 spiro atoms. The summed E-state index contributed by atoms with van der Waals surface area (Å²) in [7, 11) is 1.33. The molecule has 1 unspecified atom stereocenters. The normalized spacial score (nSPS) is 18.2. The minimum absolute atomic E-state index is 0.159. The SMILES string of the molecule is COC(=O)C(C)(C)NC1C(=O)Nc2ccccc21. The Labute approximate surface area is 106 Å². The van der Waals surface area contributed by atoms with Gasteiger partial charge in [-0.25, -0.2) is 0 Å². The Hall–Kier alpha value is -1.88. The van der Waals surface area contributed by atoms with Gasteiger partial charge in [-0.05, 0) is 19.9 Å². The summed E-state index contributed by atoms with van der Waals surface area (Å²) in [5.41, 5.74) is 0.703. The largest absolute Gasteiger partial charge is 0.468 e. The van der Waals surface area contributed by atoms with Gasteiger partial charge in [0.2, 0.25) is 5.91 Å². The molecule has 5 heteroatoms. The standard InChI is InChI=1S/C13H16N2O3/c1-13(2,12(17)18-3)15-10-8-6-4-5-7-9(8)14-11(10)16/h4-7,10,15H,1-3H3,(H,14,16). The van der Waals surface area contributed by atoms with Gasteiger partial charge in [0.1, 0.15) is 11.6 Å². The number of fused-ring (bicyclic) bond motifs is 1. The topological polar surface area (TPSA) is 67.4 Å². The first-order valence-electron chi connectivity index (χ1n) is 5.71. The number of carbonyl (C=O) groups is 2. The van der Waals surface area contributed by atoms with Crippen molar-refractivity contribution in [1.29, 1.82) is 0 Å². The predicted octanol–water partition coefficient (Wildman–Crippen LogP) is 1.22. The summed E-state index contributed by atoms with van der Waals surface area (Å²) in [6.45, 7) is 3.38. The number of benzene rings is 1. The number of methoxy groups -OCH3 is 1. The molecule has 0 aliphatic carbocycles. The Kier molecular flexibility index (Phi) is 3.09. The molecule has 1 aromatic carbocycles. The Morgan fingerprint density at radius 1 is 1.39 bits per heavy atom. The van der Waals surface area contributed by atoms with Gasteiger partial charge in [-0.3, -0.25) is 14.9 Å². The van der Waals surface area contributed by atoms with Gasteiger partial charge in [0.25, 0.3) is 0 Å². The van der Waals surface area contributed by atoms with Crippen molar-refractivity contribution in [2.24, 2.45) is 0 Å². The molecule has 1 heterocycles. The highest BCUT2D eigenvalue weighted by Gasteiger charge is 2.38. The van der Waals surface area contributed by atoms with Gasteiger partial charge >= 0.3 is 5.97 Å². The molecular weight excluding hydrogens is 232 g/mol. The first-order chi connectivity index (χ1) is 8.45. The van der Waals surface area contributed by atoms with Crippen molar-refractivity contribution in [3.8, 4) is 0 Å². The summed E-state index contributed by atoms with van der Waals surface area (Å²) in [5, 5.41) is 5.80. The molecule has 1 aromatic rings. The highest BCUT2D eigenvalue weighted by molar-refractivity contribution is 6.02. The number of anilines is 1. The Morgan fingerprint density at radius 2 is 2.06 bits per heavy atom. The molecule has 1 aliphatic heterocycles. The fourth-order valence-corrected chi connectivity index (χ4v) is 2.03. The van der Waals surface area contributed by atoms with E-state index in [2.05, 4.69) is 10.6 Å². The third-order valence-electron chi connectivity index (χ3n) is 2.99. The molecule has 2 rings (SSSR count). The van der Waals surface area contributed by atoms with Crippen molar-refractivity contribution in [1.82, 2.24) is 5.32 Å². The maximum absolute atomic E-state index is 11.9. The number of nitrogens with one attached hydrogen (secondary N) is 2. The van der Waals surface area contributed by atoms with Gasteiger partial charge in [0.15, 0.2) is 0 Å². The summed E-state index contributed by atoms with van der Waals surface area (Å²) in [6, 6.07) is 6.87. The van der Waals surface area contributed by atoms with E-state index in [0.717, 1.165) is 11.3 Å². The van der Waals surface area contributed by atoms with Crippen LogP contribution in [-0.4, -0.2) is 24.5 Å². The fraction of sp³-hybridized carbons (Fsp3) is 0.385. The zero-order chi connectivity index (χ0) is 13.3. The van der Waals surface area contributed by atoms with E-state index in [4.69, 9.17) is 4.74 Å². The molecule has 0 radical (unpaired) electrons. The number of hydrogen-bond donors (Lipinski definition) is 2. The monoisotopic (exact) mass is 248 g/mol. The van der Waals surface area contributed by atoms with E-state index in [1.807, 2.05) is 24.3 Å². The maximum Gasteiger partial charge on any atom is 0.325 e. The molecule has 1 aliphatic rings. The second kappa shape index (κ2) is 4.42. The van der Waals surface area contributed by atoms with Crippen LogP contribution in [0.5, 0.6) is 0 Å². The minimum atomic E-state index is -0.922. The van der Waals surface area contributed by atoms with Crippen LogP contribution in [0.3, 0.4) is 0 Å². The van der Waals surface area contributed by atoms with Crippen molar-refractivity contribution in [2.75, 3.05) is 12.4 Å². The summed E-state index contributed by atoms with van der Waals surface area (Å²) in [4.78, 5) is 23.5. The Balaban J connectivity index is 2.25. The summed E-state index contributed by atoms with van der Waals surface area (Å²) in [6.07, 6.45) is 0. The van der Waals surface area contributed by atoms with Crippen molar-refractivity contribution in [2.45, 2.75) is 25.4 Å². The Morgan fingerprint density at radius 3 is 2.72 bits per heavy atom. The van der Waals surface area contributed by atoms with Crippen LogP contribution in [0.2, 0.25) is 0 Å². The molecule has 1 atom stereocenters. The highest BCUT2D eigenvalue weighted by atomic mass is 16.5. The molecular formula is C13H16N2O3. The van der Waals surface area contributed by atoms with Crippen LogP contribution in [0.25, 0.3) is 0 Å². The maximum atomic E-state index is 11.9. The van der Waals surface area contributed by atoms with Gasteiger partial charge in [0, 0.05) is 11.3 Å². The lowest BCUT2D eigenvalue weighted by Gasteiger charge is -2.26. The van der Waals surface area contributed by atoms with E-state index in [-0.39, 0.29) is 5.91 Å². The quantitative estimate of drug-likeness (QED) is 0.789. The van der Waals surface area contributed by atoms with Crippen molar-refractivity contribution in [3.05, 3.63) is 29.8 Å². The van der Waals surface area contributed by atoms with Crippen LogP contribution in [-0.2, 0) is 14.3 Å². The average molecular weight is 248 g/mol. The first-order valence-corrected chi connectivity index (χ1v) is 5.71. The van der Waals surface area contributed by atoms with Gasteiger partial charge in [-0.1, -0.05) is 18.2 Å². The van der Waals surface area contributed by atoms with E-state index in [1.165, 1.54) is 7.11 Å². The second-order valence-electron chi connectivity index (χ2n) is 4.77. The highest BCUT2D eigenvalue weighted by Crippen LogP contribution is 2.31. The zero-order valence-electron chi connectivity index (χ0n) is 10.6. The molecule has 0 fully saturated rings. The third-order valence-corrected chi connectivity index (χ3v) is 2.99. The van der Waals surface area contributed by atoms with E-state index in [1.54, 1.807) is 13.8 Å². The zero-order valence-corrected chi connectivity index (χ0v) is 10.6. The molecule has 0 saturated heterocycles. The van der Waals surface area contributed by atoms with Crippen LogP contribution in [0.1, 0.15) is 25.5 Å².